The maximum Gasteiger partial charge on any atom is 0.187 e. The first-order valence-electron chi connectivity index (χ1n) is 8.02. The second-order valence-corrected chi connectivity index (χ2v) is 7.21. The van der Waals surface area contributed by atoms with Gasteiger partial charge in [0.1, 0.15) is 0 Å². The highest BCUT2D eigenvalue weighted by Gasteiger charge is 2.09. The van der Waals surface area contributed by atoms with E-state index < -0.39 is 0 Å². The molecule has 1 aromatic heterocycles. The fraction of sp³-hybridized carbons (Fsp3) is 0.250. The fourth-order valence-corrected chi connectivity index (χ4v) is 3.39. The van der Waals surface area contributed by atoms with Gasteiger partial charge in [0, 0.05) is 36.4 Å². The van der Waals surface area contributed by atoms with Crippen LogP contribution in [-0.4, -0.2) is 19.1 Å². The molecule has 0 aliphatic heterocycles. The van der Waals surface area contributed by atoms with Crippen molar-refractivity contribution >= 4 is 27.8 Å². The van der Waals surface area contributed by atoms with Gasteiger partial charge in [-0.05, 0) is 67.8 Å². The molecule has 124 valence electrons. The topological polar surface area (TPSA) is 28.2 Å². The standard InChI is InChI=1S/C20H23N3S/c1-13-10-15(3)18(11-14(13)2)19-12-24-20(22-19)21-16-6-8-17(9-7-16)23(4)5/h6-12H,1-5H3,(H,21,22). The van der Waals surface area contributed by atoms with Crippen LogP contribution in [0.3, 0.4) is 0 Å². The zero-order valence-electron chi connectivity index (χ0n) is 14.8. The van der Waals surface area contributed by atoms with Gasteiger partial charge in [0.25, 0.3) is 0 Å². The summed E-state index contributed by atoms with van der Waals surface area (Å²) < 4.78 is 0. The maximum atomic E-state index is 4.76. The molecule has 1 heterocycles. The molecule has 3 nitrogen and oxygen atoms in total. The first-order chi connectivity index (χ1) is 11.4. The molecule has 0 spiro atoms. The summed E-state index contributed by atoms with van der Waals surface area (Å²) in [6.07, 6.45) is 0. The third-order valence-electron chi connectivity index (χ3n) is 4.26. The molecule has 3 aromatic rings. The summed E-state index contributed by atoms with van der Waals surface area (Å²) in [5.74, 6) is 0. The van der Waals surface area contributed by atoms with Crippen LogP contribution in [0.15, 0.2) is 41.8 Å². The van der Waals surface area contributed by atoms with Crippen molar-refractivity contribution < 1.29 is 0 Å². The first kappa shape index (κ1) is 16.5. The van der Waals surface area contributed by atoms with Crippen molar-refractivity contribution in [2.75, 3.05) is 24.3 Å². The van der Waals surface area contributed by atoms with Crippen LogP contribution in [0.5, 0.6) is 0 Å². The first-order valence-corrected chi connectivity index (χ1v) is 8.90. The molecule has 2 aromatic carbocycles. The average molecular weight is 337 g/mol. The summed E-state index contributed by atoms with van der Waals surface area (Å²) in [6.45, 7) is 6.45. The number of nitrogens with zero attached hydrogens (tertiary/aromatic N) is 2. The number of thiazole rings is 1. The molecule has 0 bridgehead atoms. The number of rotatable bonds is 4. The molecule has 0 saturated heterocycles. The molecule has 0 radical (unpaired) electrons. The van der Waals surface area contributed by atoms with Gasteiger partial charge in [-0.15, -0.1) is 11.3 Å². The Morgan fingerprint density at radius 2 is 1.58 bits per heavy atom. The number of aryl methyl sites for hydroxylation is 3. The third-order valence-corrected chi connectivity index (χ3v) is 5.01. The van der Waals surface area contributed by atoms with Gasteiger partial charge < -0.3 is 10.2 Å². The number of anilines is 3. The zero-order valence-corrected chi connectivity index (χ0v) is 15.7. The monoisotopic (exact) mass is 337 g/mol. The Morgan fingerprint density at radius 3 is 2.25 bits per heavy atom. The predicted octanol–water partition coefficient (Wildman–Crippen LogP) is 5.54. The lowest BCUT2D eigenvalue weighted by Gasteiger charge is -2.12. The summed E-state index contributed by atoms with van der Waals surface area (Å²) >= 11 is 1.64. The Balaban J connectivity index is 1.82. The quantitative estimate of drug-likeness (QED) is 0.677. The van der Waals surface area contributed by atoms with E-state index in [1.54, 1.807) is 11.3 Å². The van der Waals surface area contributed by atoms with Gasteiger partial charge in [0.2, 0.25) is 0 Å². The predicted molar refractivity (Wildman–Crippen MR) is 106 cm³/mol. The second-order valence-electron chi connectivity index (χ2n) is 6.36. The lowest BCUT2D eigenvalue weighted by atomic mass is 9.99. The Kier molecular flexibility index (Phi) is 4.58. The van der Waals surface area contributed by atoms with Crippen LogP contribution in [-0.2, 0) is 0 Å². The Labute approximate surface area is 148 Å². The maximum absolute atomic E-state index is 4.76. The van der Waals surface area contributed by atoms with E-state index in [1.807, 2.05) is 14.1 Å². The highest BCUT2D eigenvalue weighted by molar-refractivity contribution is 7.14. The summed E-state index contributed by atoms with van der Waals surface area (Å²) in [6, 6.07) is 12.8. The third kappa shape index (κ3) is 3.44. The van der Waals surface area contributed by atoms with E-state index in [4.69, 9.17) is 4.98 Å². The molecule has 0 aliphatic rings. The van der Waals surface area contributed by atoms with Gasteiger partial charge in [-0.2, -0.15) is 0 Å². The van der Waals surface area contributed by atoms with Crippen molar-refractivity contribution in [2.24, 2.45) is 0 Å². The van der Waals surface area contributed by atoms with Gasteiger partial charge in [-0.1, -0.05) is 6.07 Å². The van der Waals surface area contributed by atoms with Crippen molar-refractivity contribution in [3.63, 3.8) is 0 Å². The van der Waals surface area contributed by atoms with Gasteiger partial charge in [0.05, 0.1) is 5.69 Å². The van der Waals surface area contributed by atoms with E-state index in [1.165, 1.54) is 27.9 Å². The summed E-state index contributed by atoms with van der Waals surface area (Å²) in [4.78, 5) is 6.85. The average Bonchev–Trinajstić information content (AvgIpc) is 2.99. The Bertz CT molecular complexity index is 848. The molecule has 0 unspecified atom stereocenters. The van der Waals surface area contributed by atoms with Crippen LogP contribution < -0.4 is 10.2 Å². The van der Waals surface area contributed by atoms with Crippen molar-refractivity contribution in [3.05, 3.63) is 58.5 Å². The minimum absolute atomic E-state index is 0.917. The van der Waals surface area contributed by atoms with Crippen LogP contribution >= 0.6 is 11.3 Å². The SMILES string of the molecule is Cc1cc(C)c(-c2csc(Nc3ccc(N(C)C)cc3)n2)cc1C. The van der Waals surface area contributed by atoms with E-state index in [0.29, 0.717) is 0 Å². The molecule has 0 fully saturated rings. The Morgan fingerprint density at radius 1 is 0.917 bits per heavy atom. The molecule has 24 heavy (non-hydrogen) atoms. The minimum atomic E-state index is 0.917. The van der Waals surface area contributed by atoms with Crippen LogP contribution in [0.25, 0.3) is 11.3 Å². The largest absolute Gasteiger partial charge is 0.378 e. The molecule has 3 rings (SSSR count). The van der Waals surface area contributed by atoms with Gasteiger partial charge >= 0.3 is 0 Å². The number of hydrogen-bond donors (Lipinski definition) is 1. The van der Waals surface area contributed by atoms with Gasteiger partial charge in [-0.25, -0.2) is 4.98 Å². The molecule has 0 atom stereocenters. The highest BCUT2D eigenvalue weighted by atomic mass is 32.1. The zero-order chi connectivity index (χ0) is 17.3. The highest BCUT2D eigenvalue weighted by Crippen LogP contribution is 2.31. The van der Waals surface area contributed by atoms with E-state index in [9.17, 15) is 0 Å². The van der Waals surface area contributed by atoms with Crippen LogP contribution in [0.4, 0.5) is 16.5 Å². The molecular formula is C20H23N3S. The van der Waals surface area contributed by atoms with E-state index in [-0.39, 0.29) is 0 Å². The number of nitrogens with one attached hydrogen (secondary N) is 1. The molecule has 4 heteroatoms. The second kappa shape index (κ2) is 6.65. The summed E-state index contributed by atoms with van der Waals surface area (Å²) in [5.41, 5.74) is 8.39. The van der Waals surface area contributed by atoms with Crippen molar-refractivity contribution in [1.82, 2.24) is 4.98 Å². The van der Waals surface area contributed by atoms with Crippen molar-refractivity contribution in [1.29, 1.82) is 0 Å². The molecule has 1 N–H and O–H groups in total. The normalized spacial score (nSPS) is 10.7. The summed E-state index contributed by atoms with van der Waals surface area (Å²) in [7, 11) is 4.09. The van der Waals surface area contributed by atoms with Crippen LogP contribution in [0, 0.1) is 20.8 Å². The van der Waals surface area contributed by atoms with Crippen molar-refractivity contribution in [3.8, 4) is 11.3 Å². The Hall–Kier alpha value is -2.33. The van der Waals surface area contributed by atoms with Gasteiger partial charge in [0.15, 0.2) is 5.13 Å². The van der Waals surface area contributed by atoms with E-state index >= 15 is 0 Å². The molecular weight excluding hydrogens is 314 g/mol. The van der Waals surface area contributed by atoms with Crippen molar-refractivity contribution in [2.45, 2.75) is 20.8 Å². The number of aromatic nitrogens is 1. The molecule has 0 amide bonds. The summed E-state index contributed by atoms with van der Waals surface area (Å²) in [5, 5.41) is 6.43. The lowest BCUT2D eigenvalue weighted by molar-refractivity contribution is 1.13. The molecule has 0 saturated carbocycles. The number of benzene rings is 2. The van der Waals surface area contributed by atoms with E-state index in [2.05, 4.69) is 72.8 Å². The molecule has 0 aliphatic carbocycles. The van der Waals surface area contributed by atoms with E-state index in [0.717, 1.165) is 16.5 Å². The van der Waals surface area contributed by atoms with Crippen LogP contribution in [0.1, 0.15) is 16.7 Å². The number of hydrogen-bond acceptors (Lipinski definition) is 4. The lowest BCUT2D eigenvalue weighted by Crippen LogP contribution is -2.08. The fourth-order valence-electron chi connectivity index (χ4n) is 2.66. The smallest absolute Gasteiger partial charge is 0.187 e. The van der Waals surface area contributed by atoms with Crippen LogP contribution in [0.2, 0.25) is 0 Å². The van der Waals surface area contributed by atoms with Gasteiger partial charge in [-0.3, -0.25) is 0 Å². The minimum Gasteiger partial charge on any atom is -0.378 e.